The minimum atomic E-state index is 0.0676. The second-order valence-electron chi connectivity index (χ2n) is 1.81. The van der Waals surface area contributed by atoms with E-state index in [0.717, 1.165) is 6.42 Å². The number of oxime groups is 1. The summed E-state index contributed by atoms with van der Waals surface area (Å²) in [5.41, 5.74) is 0. The molecule has 0 saturated heterocycles. The van der Waals surface area contributed by atoms with Crippen LogP contribution in [0, 0.1) is 0 Å². The number of nitrogens with zero attached hydrogens (tertiary/aromatic N) is 1. The summed E-state index contributed by atoms with van der Waals surface area (Å²) < 4.78 is 5.15. The summed E-state index contributed by atoms with van der Waals surface area (Å²) in [6.45, 7) is 5.92. The van der Waals surface area contributed by atoms with E-state index in [1.165, 1.54) is 6.21 Å². The van der Waals surface area contributed by atoms with Crippen molar-refractivity contribution in [3.63, 3.8) is 0 Å². The molecule has 10 heavy (non-hydrogen) atoms. The van der Waals surface area contributed by atoms with Crippen molar-refractivity contribution in [3.05, 3.63) is 12.7 Å². The van der Waals surface area contributed by atoms with Gasteiger partial charge in [0.05, 0.1) is 18.9 Å². The lowest BCUT2D eigenvalue weighted by molar-refractivity contribution is 0.115. The average molecular weight is 143 g/mol. The van der Waals surface area contributed by atoms with E-state index in [4.69, 9.17) is 9.94 Å². The van der Waals surface area contributed by atoms with Crippen molar-refractivity contribution < 1.29 is 9.94 Å². The van der Waals surface area contributed by atoms with Gasteiger partial charge in [0.15, 0.2) is 0 Å². The monoisotopic (exact) mass is 143 g/mol. The lowest BCUT2D eigenvalue weighted by Crippen LogP contribution is -2.09. The van der Waals surface area contributed by atoms with Crippen LogP contribution < -0.4 is 0 Å². The molecule has 0 fully saturated rings. The molecule has 0 saturated carbocycles. The zero-order chi connectivity index (χ0) is 7.82. The van der Waals surface area contributed by atoms with Crippen molar-refractivity contribution in [3.8, 4) is 0 Å². The Morgan fingerprint density at radius 1 is 1.80 bits per heavy atom. The number of hydrogen-bond acceptors (Lipinski definition) is 3. The van der Waals surface area contributed by atoms with Gasteiger partial charge in [-0.2, -0.15) is 0 Å². The molecule has 0 amide bonds. The molecule has 0 radical (unpaired) electrons. The maximum atomic E-state index is 7.99. The maximum Gasteiger partial charge on any atom is 0.0860 e. The van der Waals surface area contributed by atoms with Crippen molar-refractivity contribution in [2.24, 2.45) is 5.16 Å². The third kappa shape index (κ3) is 4.09. The van der Waals surface area contributed by atoms with Crippen LogP contribution in [-0.4, -0.2) is 24.1 Å². The molecule has 1 unspecified atom stereocenters. The van der Waals surface area contributed by atoms with E-state index in [9.17, 15) is 0 Å². The highest BCUT2D eigenvalue weighted by Gasteiger charge is 1.97. The fourth-order valence-corrected chi connectivity index (χ4v) is 0.553. The smallest absolute Gasteiger partial charge is 0.0860 e. The highest BCUT2D eigenvalue weighted by molar-refractivity contribution is 5.57. The number of rotatable bonds is 5. The van der Waals surface area contributed by atoms with Crippen LogP contribution >= 0.6 is 0 Å². The first-order chi connectivity index (χ1) is 4.85. The molecule has 1 atom stereocenters. The minimum Gasteiger partial charge on any atom is -0.411 e. The predicted molar refractivity (Wildman–Crippen MR) is 40.5 cm³/mol. The van der Waals surface area contributed by atoms with Gasteiger partial charge in [-0.1, -0.05) is 18.2 Å². The molecule has 0 aromatic carbocycles. The topological polar surface area (TPSA) is 41.8 Å². The van der Waals surface area contributed by atoms with Crippen molar-refractivity contribution in [1.29, 1.82) is 0 Å². The van der Waals surface area contributed by atoms with Crippen molar-refractivity contribution in [2.75, 3.05) is 6.61 Å². The summed E-state index contributed by atoms with van der Waals surface area (Å²) in [4.78, 5) is 0. The molecule has 0 spiro atoms. The van der Waals surface area contributed by atoms with Gasteiger partial charge in [0.1, 0.15) is 0 Å². The van der Waals surface area contributed by atoms with Crippen LogP contribution in [0.5, 0.6) is 0 Å². The fraction of sp³-hybridized carbons (Fsp3) is 0.571. The zero-order valence-corrected chi connectivity index (χ0v) is 6.16. The van der Waals surface area contributed by atoms with E-state index in [2.05, 4.69) is 11.7 Å². The van der Waals surface area contributed by atoms with Gasteiger partial charge in [-0.15, -0.1) is 6.58 Å². The SMILES string of the molecule is C=CC(CC)OCC=NO. The molecule has 0 rings (SSSR count). The molecular formula is C7H13NO2. The first kappa shape index (κ1) is 9.17. The highest BCUT2D eigenvalue weighted by atomic mass is 16.5. The molecule has 0 bridgehead atoms. The van der Waals surface area contributed by atoms with Crippen LogP contribution in [-0.2, 0) is 4.74 Å². The summed E-state index contributed by atoms with van der Waals surface area (Å²) in [6.07, 6.45) is 3.98. The maximum absolute atomic E-state index is 7.99. The van der Waals surface area contributed by atoms with Crippen LogP contribution in [0.25, 0.3) is 0 Å². The van der Waals surface area contributed by atoms with Gasteiger partial charge in [0.2, 0.25) is 0 Å². The Kier molecular flexibility index (Phi) is 5.77. The van der Waals surface area contributed by atoms with Gasteiger partial charge in [-0.25, -0.2) is 0 Å². The summed E-state index contributed by atoms with van der Waals surface area (Å²) >= 11 is 0. The van der Waals surface area contributed by atoms with Gasteiger partial charge in [-0.05, 0) is 6.42 Å². The third-order valence-electron chi connectivity index (χ3n) is 1.13. The summed E-state index contributed by atoms with van der Waals surface area (Å²) in [5, 5.41) is 10.8. The van der Waals surface area contributed by atoms with Gasteiger partial charge >= 0.3 is 0 Å². The molecular weight excluding hydrogens is 130 g/mol. The van der Waals surface area contributed by atoms with Crippen LogP contribution in [0.3, 0.4) is 0 Å². The predicted octanol–water partition coefficient (Wildman–Crippen LogP) is 1.43. The first-order valence-corrected chi connectivity index (χ1v) is 3.25. The van der Waals surface area contributed by atoms with E-state index < -0.39 is 0 Å². The Morgan fingerprint density at radius 2 is 2.50 bits per heavy atom. The molecule has 0 aliphatic heterocycles. The van der Waals surface area contributed by atoms with Crippen LogP contribution in [0.4, 0.5) is 0 Å². The van der Waals surface area contributed by atoms with Crippen molar-refractivity contribution in [2.45, 2.75) is 19.4 Å². The number of ether oxygens (including phenoxy) is 1. The fourth-order valence-electron chi connectivity index (χ4n) is 0.553. The Balaban J connectivity index is 3.34. The van der Waals surface area contributed by atoms with E-state index in [1.54, 1.807) is 6.08 Å². The Hall–Kier alpha value is -0.830. The molecule has 0 aliphatic rings. The third-order valence-corrected chi connectivity index (χ3v) is 1.13. The molecule has 0 heterocycles. The summed E-state index contributed by atoms with van der Waals surface area (Å²) in [7, 11) is 0. The van der Waals surface area contributed by atoms with Crippen molar-refractivity contribution in [1.82, 2.24) is 0 Å². The largest absolute Gasteiger partial charge is 0.411 e. The van der Waals surface area contributed by atoms with Crippen LogP contribution in [0.1, 0.15) is 13.3 Å². The van der Waals surface area contributed by atoms with Gasteiger partial charge < -0.3 is 9.94 Å². The van der Waals surface area contributed by atoms with Crippen LogP contribution in [0.15, 0.2) is 17.8 Å². The second kappa shape index (κ2) is 6.29. The highest BCUT2D eigenvalue weighted by Crippen LogP contribution is 1.96. The Morgan fingerprint density at radius 3 is 2.90 bits per heavy atom. The normalized spacial score (nSPS) is 13.7. The quantitative estimate of drug-likeness (QED) is 0.274. The lowest BCUT2D eigenvalue weighted by atomic mass is 10.3. The molecule has 1 N–H and O–H groups in total. The molecule has 0 aromatic rings. The molecule has 3 heteroatoms. The van der Waals surface area contributed by atoms with Gasteiger partial charge in [-0.3, -0.25) is 0 Å². The summed E-state index contributed by atoms with van der Waals surface area (Å²) in [5.74, 6) is 0. The van der Waals surface area contributed by atoms with E-state index in [1.807, 2.05) is 6.92 Å². The second-order valence-corrected chi connectivity index (χ2v) is 1.81. The molecule has 3 nitrogen and oxygen atoms in total. The molecule has 58 valence electrons. The zero-order valence-electron chi connectivity index (χ0n) is 6.16. The Bertz CT molecular complexity index is 112. The number of hydrogen-bond donors (Lipinski definition) is 1. The first-order valence-electron chi connectivity index (χ1n) is 3.25. The standard InChI is InChI=1S/C7H13NO2/c1-3-7(4-2)10-6-5-8-9/h3,5,7,9H,1,4,6H2,2H3. The Labute approximate surface area is 61.0 Å². The average Bonchev–Trinajstić information content (AvgIpc) is 1.99. The van der Waals surface area contributed by atoms with E-state index in [0.29, 0.717) is 6.61 Å². The van der Waals surface area contributed by atoms with Gasteiger partial charge in [0, 0.05) is 0 Å². The summed E-state index contributed by atoms with van der Waals surface area (Å²) in [6, 6.07) is 0. The molecule has 0 aliphatic carbocycles. The van der Waals surface area contributed by atoms with Crippen LogP contribution in [0.2, 0.25) is 0 Å². The minimum absolute atomic E-state index is 0.0676. The van der Waals surface area contributed by atoms with E-state index in [-0.39, 0.29) is 6.10 Å². The van der Waals surface area contributed by atoms with Gasteiger partial charge in [0.25, 0.3) is 0 Å². The van der Waals surface area contributed by atoms with Crippen molar-refractivity contribution >= 4 is 6.21 Å². The van der Waals surface area contributed by atoms with E-state index >= 15 is 0 Å². The molecule has 0 aromatic heterocycles. The lowest BCUT2D eigenvalue weighted by Gasteiger charge is -2.07.